The number of nitro groups is 1. The molecule has 0 aliphatic rings. The highest BCUT2D eigenvalue weighted by Gasteiger charge is 2.21. The second-order valence-corrected chi connectivity index (χ2v) is 5.72. The van der Waals surface area contributed by atoms with E-state index in [1.165, 1.54) is 12.1 Å². The summed E-state index contributed by atoms with van der Waals surface area (Å²) in [4.78, 5) is 23.5. The minimum absolute atomic E-state index is 0.0667. The van der Waals surface area contributed by atoms with Crippen LogP contribution in [0.15, 0.2) is 65.1 Å². The van der Waals surface area contributed by atoms with Crippen LogP contribution in [0.2, 0.25) is 0 Å². The number of carbonyl (C=O) groups is 1. The molecule has 2 aromatic carbocycles. The van der Waals surface area contributed by atoms with Gasteiger partial charge < -0.3 is 4.42 Å². The minimum atomic E-state index is -0.538. The van der Waals surface area contributed by atoms with Gasteiger partial charge in [0, 0.05) is 18.1 Å². The first-order valence-corrected chi connectivity index (χ1v) is 8.23. The van der Waals surface area contributed by atoms with Crippen molar-refractivity contribution in [2.75, 3.05) is 0 Å². The second-order valence-electron chi connectivity index (χ2n) is 5.72. The van der Waals surface area contributed by atoms with E-state index in [0.717, 1.165) is 12.2 Å². The standard InChI is InChI=1S/C21H17NO4/c1-2-17-11-12-18(26-17)10-8-15-9-13-20(22(24)25)19(14-15)21(23)16-6-4-3-5-7-16/h3-14H,2H2,1H3/b10-8+. The van der Waals surface area contributed by atoms with E-state index in [-0.39, 0.29) is 17.0 Å². The Labute approximate surface area is 150 Å². The van der Waals surface area contributed by atoms with Gasteiger partial charge in [-0.15, -0.1) is 0 Å². The van der Waals surface area contributed by atoms with Gasteiger partial charge in [-0.2, -0.15) is 0 Å². The molecule has 5 nitrogen and oxygen atoms in total. The third-order valence-electron chi connectivity index (χ3n) is 3.97. The number of hydrogen-bond donors (Lipinski definition) is 0. The van der Waals surface area contributed by atoms with Crippen molar-refractivity contribution in [2.45, 2.75) is 13.3 Å². The third kappa shape index (κ3) is 3.78. The maximum atomic E-state index is 12.7. The maximum Gasteiger partial charge on any atom is 0.280 e. The summed E-state index contributed by atoms with van der Waals surface area (Å²) >= 11 is 0. The summed E-state index contributed by atoms with van der Waals surface area (Å²) in [7, 11) is 0. The van der Waals surface area contributed by atoms with E-state index in [9.17, 15) is 14.9 Å². The lowest BCUT2D eigenvalue weighted by Gasteiger charge is -2.04. The zero-order valence-electron chi connectivity index (χ0n) is 14.2. The highest BCUT2D eigenvalue weighted by atomic mass is 16.6. The number of rotatable bonds is 6. The summed E-state index contributed by atoms with van der Waals surface area (Å²) in [5.74, 6) is 1.20. The first-order valence-electron chi connectivity index (χ1n) is 8.23. The van der Waals surface area contributed by atoms with Crippen LogP contribution in [0.4, 0.5) is 5.69 Å². The molecule has 0 unspecified atom stereocenters. The molecule has 0 bridgehead atoms. The van der Waals surface area contributed by atoms with Gasteiger partial charge in [-0.25, -0.2) is 0 Å². The van der Waals surface area contributed by atoms with E-state index in [0.29, 0.717) is 16.9 Å². The van der Waals surface area contributed by atoms with Crippen molar-refractivity contribution >= 4 is 23.6 Å². The van der Waals surface area contributed by atoms with Crippen LogP contribution in [-0.4, -0.2) is 10.7 Å². The van der Waals surface area contributed by atoms with Crippen LogP contribution >= 0.6 is 0 Å². The van der Waals surface area contributed by atoms with Crippen LogP contribution in [-0.2, 0) is 6.42 Å². The molecule has 3 aromatic rings. The highest BCUT2D eigenvalue weighted by Crippen LogP contribution is 2.24. The number of furan rings is 1. The lowest BCUT2D eigenvalue weighted by molar-refractivity contribution is -0.385. The van der Waals surface area contributed by atoms with Crippen molar-refractivity contribution in [3.8, 4) is 0 Å². The summed E-state index contributed by atoms with van der Waals surface area (Å²) in [6.45, 7) is 2.00. The molecular formula is C21H17NO4. The molecule has 130 valence electrons. The van der Waals surface area contributed by atoms with E-state index in [2.05, 4.69) is 0 Å². The molecule has 0 atom stereocenters. The summed E-state index contributed by atoms with van der Waals surface area (Å²) in [6, 6.07) is 16.8. The van der Waals surface area contributed by atoms with Gasteiger partial charge in [-0.3, -0.25) is 14.9 Å². The lowest BCUT2D eigenvalue weighted by Crippen LogP contribution is -2.05. The molecule has 26 heavy (non-hydrogen) atoms. The molecule has 0 saturated heterocycles. The van der Waals surface area contributed by atoms with Gasteiger partial charge in [-0.05, 0) is 35.9 Å². The fourth-order valence-corrected chi connectivity index (χ4v) is 2.60. The molecule has 5 heteroatoms. The molecule has 0 saturated carbocycles. The minimum Gasteiger partial charge on any atom is -0.462 e. The van der Waals surface area contributed by atoms with Gasteiger partial charge in [0.15, 0.2) is 5.78 Å². The SMILES string of the molecule is CCc1ccc(/C=C/c2ccc([N+](=O)[O-])c(C(=O)c3ccccc3)c2)o1. The van der Waals surface area contributed by atoms with Gasteiger partial charge >= 0.3 is 0 Å². The summed E-state index contributed by atoms with van der Waals surface area (Å²) in [5.41, 5.74) is 0.957. The van der Waals surface area contributed by atoms with Crippen LogP contribution in [0.1, 0.15) is 39.9 Å². The van der Waals surface area contributed by atoms with Crippen molar-refractivity contribution in [3.05, 3.63) is 99.0 Å². The molecule has 1 heterocycles. The molecule has 0 fully saturated rings. The van der Waals surface area contributed by atoms with Crippen molar-refractivity contribution < 1.29 is 14.1 Å². The van der Waals surface area contributed by atoms with E-state index < -0.39 is 4.92 Å². The molecule has 0 N–H and O–H groups in total. The van der Waals surface area contributed by atoms with Crippen molar-refractivity contribution in [3.63, 3.8) is 0 Å². The van der Waals surface area contributed by atoms with Crippen LogP contribution in [0.25, 0.3) is 12.2 Å². The highest BCUT2D eigenvalue weighted by molar-refractivity contribution is 6.11. The van der Waals surface area contributed by atoms with Crippen LogP contribution < -0.4 is 0 Å². The number of carbonyl (C=O) groups excluding carboxylic acids is 1. The topological polar surface area (TPSA) is 73.3 Å². The van der Waals surface area contributed by atoms with E-state index >= 15 is 0 Å². The average molecular weight is 347 g/mol. The summed E-state index contributed by atoms with van der Waals surface area (Å²) in [6.07, 6.45) is 4.35. The van der Waals surface area contributed by atoms with Gasteiger partial charge in [0.2, 0.25) is 0 Å². The van der Waals surface area contributed by atoms with Gasteiger partial charge in [0.25, 0.3) is 5.69 Å². The predicted octanol–water partition coefficient (Wildman–Crippen LogP) is 5.15. The predicted molar refractivity (Wildman–Crippen MR) is 100.0 cm³/mol. The fraction of sp³-hybridized carbons (Fsp3) is 0.0952. The Bertz CT molecular complexity index is 971. The number of benzene rings is 2. The van der Waals surface area contributed by atoms with Crippen LogP contribution in [0.5, 0.6) is 0 Å². The monoisotopic (exact) mass is 347 g/mol. The number of nitrogens with zero attached hydrogens (tertiary/aromatic N) is 1. The largest absolute Gasteiger partial charge is 0.462 e. The number of nitro benzene ring substituents is 1. The fourth-order valence-electron chi connectivity index (χ4n) is 2.60. The Morgan fingerprint density at radius 2 is 1.85 bits per heavy atom. The number of aryl methyl sites for hydroxylation is 1. The van der Waals surface area contributed by atoms with E-state index in [1.54, 1.807) is 48.6 Å². The smallest absolute Gasteiger partial charge is 0.280 e. The zero-order valence-corrected chi connectivity index (χ0v) is 14.2. The molecule has 3 rings (SSSR count). The molecule has 0 spiro atoms. The first kappa shape index (κ1) is 17.4. The molecule has 0 radical (unpaired) electrons. The van der Waals surface area contributed by atoms with Gasteiger partial charge in [0.1, 0.15) is 17.1 Å². The quantitative estimate of drug-likeness (QED) is 0.351. The molecule has 1 aromatic heterocycles. The number of hydrogen-bond acceptors (Lipinski definition) is 4. The summed E-state index contributed by atoms with van der Waals surface area (Å²) < 4.78 is 5.60. The average Bonchev–Trinajstić information content (AvgIpc) is 3.14. The van der Waals surface area contributed by atoms with Crippen molar-refractivity contribution in [1.29, 1.82) is 0 Å². The lowest BCUT2D eigenvalue weighted by atomic mass is 9.99. The number of ketones is 1. The summed E-state index contributed by atoms with van der Waals surface area (Å²) in [5, 5.41) is 11.3. The van der Waals surface area contributed by atoms with E-state index in [1.807, 2.05) is 19.1 Å². The van der Waals surface area contributed by atoms with Crippen molar-refractivity contribution in [2.24, 2.45) is 0 Å². The van der Waals surface area contributed by atoms with E-state index in [4.69, 9.17) is 4.42 Å². The Morgan fingerprint density at radius 1 is 1.08 bits per heavy atom. The molecular weight excluding hydrogens is 330 g/mol. The normalized spacial score (nSPS) is 11.0. The third-order valence-corrected chi connectivity index (χ3v) is 3.97. The zero-order chi connectivity index (χ0) is 18.5. The van der Waals surface area contributed by atoms with Crippen LogP contribution in [0, 0.1) is 10.1 Å². The van der Waals surface area contributed by atoms with Gasteiger partial charge in [-0.1, -0.05) is 43.3 Å². The second kappa shape index (κ2) is 7.61. The molecule has 0 amide bonds. The van der Waals surface area contributed by atoms with Gasteiger partial charge in [0.05, 0.1) is 4.92 Å². The first-order chi connectivity index (χ1) is 12.6. The Balaban J connectivity index is 1.96. The Hall–Kier alpha value is -3.47. The molecule has 0 aliphatic carbocycles. The Morgan fingerprint density at radius 3 is 2.50 bits per heavy atom. The van der Waals surface area contributed by atoms with Crippen LogP contribution in [0.3, 0.4) is 0 Å². The Kier molecular flexibility index (Phi) is 5.08. The van der Waals surface area contributed by atoms with Crippen molar-refractivity contribution in [1.82, 2.24) is 0 Å². The molecule has 0 aliphatic heterocycles. The maximum absolute atomic E-state index is 12.7.